The van der Waals surface area contributed by atoms with Gasteiger partial charge in [0.15, 0.2) is 23.0 Å². The number of rotatable bonds is 14. The van der Waals surface area contributed by atoms with E-state index in [2.05, 4.69) is 13.2 Å². The van der Waals surface area contributed by atoms with Crippen LogP contribution in [0.2, 0.25) is 0 Å². The molecule has 2 atom stereocenters. The maximum atomic E-state index is 13.8. The second kappa shape index (κ2) is 16.9. The molecule has 0 fully saturated rings. The largest absolute Gasteiger partial charge is 0.493 e. The fourth-order valence-corrected chi connectivity index (χ4v) is 6.69. The van der Waals surface area contributed by atoms with Crippen molar-refractivity contribution in [3.63, 3.8) is 0 Å². The lowest BCUT2D eigenvalue weighted by Gasteiger charge is -2.19. The van der Waals surface area contributed by atoms with Gasteiger partial charge in [-0.2, -0.15) is 0 Å². The Morgan fingerprint density at radius 3 is 1.80 bits per heavy atom. The number of fused-ring (bicyclic) bond motifs is 4. The fraction of sp³-hybridized carbons (Fsp3) is 0.289. The molecule has 0 bridgehead atoms. The van der Waals surface area contributed by atoms with Gasteiger partial charge in [-0.05, 0) is 62.1 Å². The third kappa shape index (κ3) is 8.33. The topological polar surface area (TPSA) is 102 Å². The van der Waals surface area contributed by atoms with Gasteiger partial charge >= 0.3 is 0 Å². The van der Waals surface area contributed by atoms with Crippen molar-refractivity contribution in [3.8, 4) is 23.0 Å². The summed E-state index contributed by atoms with van der Waals surface area (Å²) in [5.74, 6) is 1.54. The van der Waals surface area contributed by atoms with Gasteiger partial charge in [0.25, 0.3) is 11.8 Å². The fourth-order valence-electron chi connectivity index (χ4n) is 6.69. The van der Waals surface area contributed by atoms with E-state index in [9.17, 15) is 9.59 Å². The van der Waals surface area contributed by atoms with Gasteiger partial charge in [-0.1, -0.05) is 60.8 Å². The van der Waals surface area contributed by atoms with Crippen LogP contribution in [0, 0.1) is 0 Å². The van der Waals surface area contributed by atoms with Crippen molar-refractivity contribution in [3.05, 3.63) is 131 Å². The number of ether oxygens (including phenoxy) is 4. The van der Waals surface area contributed by atoms with Crippen molar-refractivity contribution in [2.24, 2.45) is 9.98 Å². The smallest absolute Gasteiger partial charge is 0.260 e. The number of amides is 2. The molecule has 2 amide bonds. The Labute approximate surface area is 323 Å². The van der Waals surface area contributed by atoms with E-state index in [4.69, 9.17) is 28.9 Å². The Morgan fingerprint density at radius 1 is 0.782 bits per heavy atom. The molecule has 0 saturated heterocycles. The van der Waals surface area contributed by atoms with Crippen LogP contribution in [0.5, 0.6) is 23.0 Å². The van der Waals surface area contributed by atoms with Gasteiger partial charge in [0.1, 0.15) is 0 Å². The first-order chi connectivity index (χ1) is 26.5. The Kier molecular flexibility index (Phi) is 11.8. The summed E-state index contributed by atoms with van der Waals surface area (Å²) in [7, 11) is 3.09. The van der Waals surface area contributed by atoms with E-state index in [-0.39, 0.29) is 23.9 Å². The van der Waals surface area contributed by atoms with Gasteiger partial charge in [0.05, 0.1) is 62.0 Å². The molecule has 0 aromatic heterocycles. The average molecular weight is 741 g/mol. The highest BCUT2D eigenvalue weighted by atomic mass is 16.5. The molecule has 0 saturated carbocycles. The number of hydrogen-bond donors (Lipinski definition) is 0. The van der Waals surface area contributed by atoms with Gasteiger partial charge in [-0.25, -0.2) is 0 Å². The molecule has 10 nitrogen and oxygen atoms in total. The molecule has 1 unspecified atom stereocenters. The lowest BCUT2D eigenvalue weighted by atomic mass is 10.0. The molecule has 0 N–H and O–H groups in total. The molecular weight excluding hydrogens is 693 g/mol. The summed E-state index contributed by atoms with van der Waals surface area (Å²) in [6, 6.07) is 6.50. The summed E-state index contributed by atoms with van der Waals surface area (Å²) in [6.45, 7) is 16.3. The van der Waals surface area contributed by atoms with Gasteiger partial charge in [-0.15, -0.1) is 0 Å². The Bertz CT molecular complexity index is 2160. The van der Waals surface area contributed by atoms with E-state index >= 15 is 0 Å². The number of nitrogens with zero attached hydrogens (tertiary/aromatic N) is 4. The predicted molar refractivity (Wildman–Crippen MR) is 219 cm³/mol. The first kappa shape index (κ1) is 38.6. The van der Waals surface area contributed by atoms with E-state index in [0.29, 0.717) is 78.0 Å². The van der Waals surface area contributed by atoms with Crippen molar-refractivity contribution in [2.45, 2.75) is 59.0 Å². The maximum absolute atomic E-state index is 13.8. The number of carbonyl (C=O) groups excluding carboxylic acids is 2. The van der Waals surface area contributed by atoms with Crippen molar-refractivity contribution in [1.82, 2.24) is 9.80 Å². The van der Waals surface area contributed by atoms with Crippen molar-refractivity contribution in [2.75, 3.05) is 27.4 Å². The first-order valence-electron chi connectivity index (χ1n) is 18.4. The molecule has 55 heavy (non-hydrogen) atoms. The van der Waals surface area contributed by atoms with Crippen molar-refractivity contribution < 1.29 is 28.5 Å². The maximum Gasteiger partial charge on any atom is 0.260 e. The van der Waals surface area contributed by atoms with Crippen LogP contribution in [0.25, 0.3) is 0 Å². The standard InChI is InChI=1S/C45H48N4O6/c1-9-29(5)13-14-30(6)32-18-34-24-46-38-22-42(40(52-7)20-36(38)44(50)48(34)26-32)54-16-11-17-55-43-23-39-37(21-41(43)53-8)45(51)49-27-33(19-35(49)25-47-39)31(10-2)15-12-28(3)4/h9-10,12-15,20-27,34-35H,1,3,11,16-19H2,2,4-8H3/b15-12-,29-13-,30-14+,31-10+/t34?,35-/m0/s1. The minimum absolute atomic E-state index is 0.145. The molecule has 4 aliphatic rings. The van der Waals surface area contributed by atoms with Crippen LogP contribution in [-0.2, 0) is 0 Å². The molecular formula is C45H48N4O6. The normalized spacial score (nSPS) is 19.3. The highest BCUT2D eigenvalue weighted by Gasteiger charge is 2.35. The summed E-state index contributed by atoms with van der Waals surface area (Å²) in [5.41, 5.74) is 8.23. The summed E-state index contributed by atoms with van der Waals surface area (Å²) in [6.07, 6.45) is 21.2. The van der Waals surface area contributed by atoms with Crippen molar-refractivity contribution in [1.29, 1.82) is 0 Å². The quantitative estimate of drug-likeness (QED) is 0.141. The number of hydrogen-bond acceptors (Lipinski definition) is 8. The number of aliphatic imine (C=N–C) groups is 2. The van der Waals surface area contributed by atoms with Crippen LogP contribution < -0.4 is 18.9 Å². The van der Waals surface area contributed by atoms with E-state index in [1.807, 2.05) is 89.0 Å². The van der Waals surface area contributed by atoms with Crippen LogP contribution in [0.3, 0.4) is 0 Å². The van der Waals surface area contributed by atoms with Crippen LogP contribution in [0.15, 0.2) is 130 Å². The Hall–Kier alpha value is -6.16. The monoisotopic (exact) mass is 740 g/mol. The zero-order valence-corrected chi connectivity index (χ0v) is 32.4. The molecule has 2 aromatic carbocycles. The van der Waals surface area contributed by atoms with Crippen LogP contribution in [0.4, 0.5) is 11.4 Å². The molecule has 284 valence electrons. The molecule has 4 heterocycles. The van der Waals surface area contributed by atoms with Gasteiger partial charge in [0, 0.05) is 56.2 Å². The molecule has 0 aliphatic carbocycles. The van der Waals surface area contributed by atoms with Crippen LogP contribution in [0.1, 0.15) is 67.7 Å². The number of methoxy groups -OCH3 is 2. The lowest BCUT2D eigenvalue weighted by molar-refractivity contribution is 0.0809. The Morgan fingerprint density at radius 2 is 1.31 bits per heavy atom. The first-order valence-corrected chi connectivity index (χ1v) is 18.4. The third-order valence-corrected chi connectivity index (χ3v) is 9.89. The van der Waals surface area contributed by atoms with Crippen LogP contribution in [-0.4, -0.2) is 73.6 Å². The number of allylic oxidation sites excluding steroid dienone is 10. The molecule has 0 spiro atoms. The van der Waals surface area contributed by atoms with E-state index in [0.717, 1.165) is 33.4 Å². The molecule has 4 aliphatic heterocycles. The van der Waals surface area contributed by atoms with E-state index in [1.54, 1.807) is 48.3 Å². The van der Waals surface area contributed by atoms with Crippen molar-refractivity contribution >= 4 is 35.6 Å². The average Bonchev–Trinajstić information content (AvgIpc) is 3.76. The second-order valence-electron chi connectivity index (χ2n) is 13.8. The number of benzene rings is 2. The zero-order chi connectivity index (χ0) is 39.2. The highest BCUT2D eigenvalue weighted by molar-refractivity contribution is 6.05. The molecule has 2 aromatic rings. The second-order valence-corrected chi connectivity index (χ2v) is 13.8. The van der Waals surface area contributed by atoms with E-state index < -0.39 is 0 Å². The summed E-state index contributed by atoms with van der Waals surface area (Å²) < 4.78 is 23.5. The molecule has 0 radical (unpaired) electrons. The number of carbonyl (C=O) groups is 2. The van der Waals surface area contributed by atoms with E-state index in [1.165, 1.54) is 0 Å². The Balaban J connectivity index is 1.09. The predicted octanol–water partition coefficient (Wildman–Crippen LogP) is 9.34. The summed E-state index contributed by atoms with van der Waals surface area (Å²) in [5, 5.41) is 0. The van der Waals surface area contributed by atoms with Crippen LogP contribution >= 0.6 is 0 Å². The zero-order valence-electron chi connectivity index (χ0n) is 32.4. The third-order valence-electron chi connectivity index (χ3n) is 9.89. The van der Waals surface area contributed by atoms with Gasteiger partial charge in [0.2, 0.25) is 0 Å². The minimum atomic E-state index is -0.197. The molecule has 10 heteroatoms. The minimum Gasteiger partial charge on any atom is -0.493 e. The SMILES string of the molecule is C=C/C(C)=C\C=C(/C)C1=CN2C(=O)c3cc(OC)c(OCCCOc4cc5c(cc4OC)C(=O)N4C=C(C(/C=C\C(=C)C)=C/C)C[C@H]4C=N5)cc3N=CC2C1. The molecule has 6 rings (SSSR count). The van der Waals surface area contributed by atoms with Gasteiger partial charge < -0.3 is 28.7 Å². The highest BCUT2D eigenvalue weighted by Crippen LogP contribution is 2.41. The lowest BCUT2D eigenvalue weighted by Crippen LogP contribution is -2.32. The van der Waals surface area contributed by atoms with Gasteiger partial charge in [-0.3, -0.25) is 19.6 Å². The summed E-state index contributed by atoms with van der Waals surface area (Å²) in [4.78, 5) is 40.4. The summed E-state index contributed by atoms with van der Waals surface area (Å²) >= 11 is 0.